The highest BCUT2D eigenvalue weighted by Crippen LogP contribution is 2.40. The van der Waals surface area contributed by atoms with Crippen molar-refractivity contribution in [2.75, 3.05) is 5.32 Å². The van der Waals surface area contributed by atoms with Gasteiger partial charge in [0.15, 0.2) is 0 Å². The lowest BCUT2D eigenvalue weighted by atomic mass is 9.69. The first-order valence-electron chi connectivity index (χ1n) is 7.89. The Balaban J connectivity index is 1.89. The van der Waals surface area contributed by atoms with Gasteiger partial charge in [-0.3, -0.25) is 4.79 Å². The fourth-order valence-electron chi connectivity index (χ4n) is 3.16. The van der Waals surface area contributed by atoms with Gasteiger partial charge in [-0.05, 0) is 54.7 Å². The van der Waals surface area contributed by atoms with Gasteiger partial charge in [0.25, 0.3) is 0 Å². The van der Waals surface area contributed by atoms with Gasteiger partial charge in [-0.15, -0.1) is 0 Å². The van der Waals surface area contributed by atoms with Crippen LogP contribution in [0.1, 0.15) is 56.8 Å². The van der Waals surface area contributed by atoms with Crippen LogP contribution in [0.4, 0.5) is 5.69 Å². The number of hydrogen-bond acceptors (Lipinski definition) is 3. The number of carbonyl (C=O) groups is 2. The molecule has 1 aliphatic carbocycles. The van der Waals surface area contributed by atoms with E-state index in [-0.39, 0.29) is 17.4 Å². The highest BCUT2D eigenvalue weighted by atomic mass is 16.4. The first-order chi connectivity index (χ1) is 10.3. The average Bonchev–Trinajstić information content (AvgIpc) is 2.47. The summed E-state index contributed by atoms with van der Waals surface area (Å²) in [6, 6.07) is 6.09. The third-order valence-electron chi connectivity index (χ3n) is 4.71. The Morgan fingerprint density at radius 1 is 1.05 bits per heavy atom. The molecule has 1 N–H and O–H groups in total. The number of rotatable bonds is 3. The zero-order chi connectivity index (χ0) is 16.3. The number of carboxylic acid groups (broad SMARTS) is 1. The molecule has 0 unspecified atom stereocenters. The average molecular weight is 302 g/mol. The minimum absolute atomic E-state index is 0.0357. The van der Waals surface area contributed by atoms with Crippen LogP contribution < -0.4 is 10.4 Å². The van der Waals surface area contributed by atoms with E-state index in [0.29, 0.717) is 17.0 Å². The molecule has 0 radical (unpaired) electrons. The van der Waals surface area contributed by atoms with Gasteiger partial charge in [-0.1, -0.05) is 32.9 Å². The lowest BCUT2D eigenvalue weighted by molar-refractivity contribution is -0.255. The molecule has 1 fully saturated rings. The van der Waals surface area contributed by atoms with Gasteiger partial charge in [0.1, 0.15) is 0 Å². The van der Waals surface area contributed by atoms with Crippen LogP contribution in [0, 0.1) is 17.3 Å². The van der Waals surface area contributed by atoms with Crippen LogP contribution in [0.5, 0.6) is 0 Å². The third kappa shape index (κ3) is 4.09. The zero-order valence-corrected chi connectivity index (χ0v) is 13.5. The van der Waals surface area contributed by atoms with Crippen molar-refractivity contribution in [3.05, 3.63) is 29.8 Å². The summed E-state index contributed by atoms with van der Waals surface area (Å²) in [4.78, 5) is 23.0. The van der Waals surface area contributed by atoms with E-state index in [1.807, 2.05) is 0 Å². The number of carbonyl (C=O) groups excluding carboxylic acids is 2. The van der Waals surface area contributed by atoms with E-state index < -0.39 is 5.97 Å². The summed E-state index contributed by atoms with van der Waals surface area (Å²) in [5, 5.41) is 13.6. The van der Waals surface area contributed by atoms with Crippen LogP contribution in [0.3, 0.4) is 0 Å². The van der Waals surface area contributed by atoms with E-state index in [1.54, 1.807) is 12.1 Å². The maximum Gasteiger partial charge on any atom is 0.227 e. The molecule has 1 saturated carbocycles. The fourth-order valence-corrected chi connectivity index (χ4v) is 3.16. The standard InChI is InChI=1S/C18H25NO3/c1-18(2,3)14-8-4-12(5-9-14)16(20)19-15-10-6-13(7-11-15)17(21)22/h6-7,10-12,14H,4-5,8-9H2,1-3H3,(H,19,20)(H,21,22)/p-1. The molecule has 1 aliphatic rings. The van der Waals surface area contributed by atoms with E-state index >= 15 is 0 Å². The van der Waals surface area contributed by atoms with E-state index in [2.05, 4.69) is 26.1 Å². The Hall–Kier alpha value is -1.84. The molecule has 1 aromatic rings. The highest BCUT2D eigenvalue weighted by Gasteiger charge is 2.32. The highest BCUT2D eigenvalue weighted by molar-refractivity contribution is 5.93. The van der Waals surface area contributed by atoms with Crippen molar-refractivity contribution in [2.45, 2.75) is 46.5 Å². The van der Waals surface area contributed by atoms with Crippen LogP contribution in [0.2, 0.25) is 0 Å². The summed E-state index contributed by atoms with van der Waals surface area (Å²) in [5.74, 6) is -0.440. The van der Waals surface area contributed by atoms with Crippen molar-refractivity contribution in [1.29, 1.82) is 0 Å². The Morgan fingerprint density at radius 3 is 2.05 bits per heavy atom. The molecule has 4 nitrogen and oxygen atoms in total. The van der Waals surface area contributed by atoms with Crippen molar-refractivity contribution in [1.82, 2.24) is 0 Å². The smallest absolute Gasteiger partial charge is 0.227 e. The van der Waals surface area contributed by atoms with Crippen LogP contribution in [0.15, 0.2) is 24.3 Å². The number of anilines is 1. The molecule has 1 amide bonds. The van der Waals surface area contributed by atoms with Crippen molar-refractivity contribution in [3.63, 3.8) is 0 Å². The molecular formula is C18H24NO3-. The minimum Gasteiger partial charge on any atom is -0.545 e. The first-order valence-corrected chi connectivity index (χ1v) is 7.89. The largest absolute Gasteiger partial charge is 0.545 e. The molecule has 1 aromatic carbocycles. The predicted octanol–water partition coefficient (Wildman–Crippen LogP) is 2.84. The van der Waals surface area contributed by atoms with Crippen LogP contribution >= 0.6 is 0 Å². The molecule has 0 aliphatic heterocycles. The molecule has 0 bridgehead atoms. The van der Waals surface area contributed by atoms with Crippen molar-refractivity contribution in [2.24, 2.45) is 17.3 Å². The van der Waals surface area contributed by atoms with Crippen LogP contribution in [-0.4, -0.2) is 11.9 Å². The third-order valence-corrected chi connectivity index (χ3v) is 4.71. The second-order valence-electron chi connectivity index (χ2n) is 7.27. The molecule has 4 heteroatoms. The summed E-state index contributed by atoms with van der Waals surface area (Å²) in [6.45, 7) is 6.78. The monoisotopic (exact) mass is 302 g/mol. The molecule has 0 saturated heterocycles. The summed E-state index contributed by atoms with van der Waals surface area (Å²) in [7, 11) is 0. The molecule has 2 rings (SSSR count). The number of benzene rings is 1. The van der Waals surface area contributed by atoms with E-state index in [4.69, 9.17) is 0 Å². The van der Waals surface area contributed by atoms with Crippen molar-refractivity contribution >= 4 is 17.6 Å². The van der Waals surface area contributed by atoms with E-state index in [1.165, 1.54) is 12.1 Å². The molecule has 0 aromatic heterocycles. The number of hydrogen-bond donors (Lipinski definition) is 1. The normalized spacial score (nSPS) is 22.1. The Morgan fingerprint density at radius 2 is 1.59 bits per heavy atom. The second kappa shape index (κ2) is 6.51. The fraction of sp³-hybridized carbons (Fsp3) is 0.556. The summed E-state index contributed by atoms with van der Waals surface area (Å²) >= 11 is 0. The van der Waals surface area contributed by atoms with Crippen LogP contribution in [-0.2, 0) is 4.79 Å². The molecule has 0 heterocycles. The van der Waals surface area contributed by atoms with Gasteiger partial charge >= 0.3 is 0 Å². The Labute approximate surface area is 131 Å². The Kier molecular flexibility index (Phi) is 4.89. The summed E-state index contributed by atoms with van der Waals surface area (Å²) < 4.78 is 0. The molecule has 0 spiro atoms. The number of aromatic carboxylic acids is 1. The first kappa shape index (κ1) is 16.5. The van der Waals surface area contributed by atoms with Crippen molar-refractivity contribution in [3.8, 4) is 0 Å². The minimum atomic E-state index is -1.21. The van der Waals surface area contributed by atoms with Gasteiger partial charge in [-0.2, -0.15) is 0 Å². The Bertz CT molecular complexity index is 534. The zero-order valence-electron chi connectivity index (χ0n) is 13.5. The lowest BCUT2D eigenvalue weighted by Gasteiger charge is -2.36. The van der Waals surface area contributed by atoms with Gasteiger partial charge < -0.3 is 15.2 Å². The number of nitrogens with one attached hydrogen (secondary N) is 1. The second-order valence-corrected chi connectivity index (χ2v) is 7.27. The quantitative estimate of drug-likeness (QED) is 0.933. The number of amides is 1. The van der Waals surface area contributed by atoms with Gasteiger partial charge in [0, 0.05) is 11.6 Å². The van der Waals surface area contributed by atoms with Gasteiger partial charge in [-0.25, -0.2) is 0 Å². The topological polar surface area (TPSA) is 69.2 Å². The molecular weight excluding hydrogens is 278 g/mol. The number of carboxylic acids is 1. The predicted molar refractivity (Wildman–Crippen MR) is 84.3 cm³/mol. The van der Waals surface area contributed by atoms with E-state index in [0.717, 1.165) is 25.7 Å². The summed E-state index contributed by atoms with van der Waals surface area (Å²) in [6.07, 6.45) is 4.02. The van der Waals surface area contributed by atoms with Crippen molar-refractivity contribution < 1.29 is 14.7 Å². The summed E-state index contributed by atoms with van der Waals surface area (Å²) in [5.41, 5.74) is 1.05. The maximum atomic E-state index is 12.3. The lowest BCUT2D eigenvalue weighted by Crippen LogP contribution is -2.31. The van der Waals surface area contributed by atoms with E-state index in [9.17, 15) is 14.7 Å². The maximum absolute atomic E-state index is 12.3. The molecule has 0 atom stereocenters. The SMILES string of the molecule is CC(C)(C)C1CCC(C(=O)Nc2ccc(C(=O)[O-])cc2)CC1. The van der Waals surface area contributed by atoms with Gasteiger partial charge in [0.05, 0.1) is 5.97 Å². The molecule has 120 valence electrons. The van der Waals surface area contributed by atoms with Gasteiger partial charge in [0.2, 0.25) is 5.91 Å². The molecule has 22 heavy (non-hydrogen) atoms. The van der Waals surface area contributed by atoms with Crippen LogP contribution in [0.25, 0.3) is 0 Å².